The second-order valence-electron chi connectivity index (χ2n) is 7.67. The van der Waals surface area contributed by atoms with Gasteiger partial charge in [0.15, 0.2) is 5.76 Å². The van der Waals surface area contributed by atoms with Gasteiger partial charge in [-0.05, 0) is 56.0 Å². The Morgan fingerprint density at radius 1 is 1.00 bits per heavy atom. The van der Waals surface area contributed by atoms with Crippen LogP contribution in [0.3, 0.4) is 0 Å². The Balaban J connectivity index is 1.41. The Bertz CT molecular complexity index is 854. The van der Waals surface area contributed by atoms with Crippen molar-refractivity contribution >= 4 is 17.5 Å². The van der Waals surface area contributed by atoms with Crippen molar-refractivity contribution in [2.75, 3.05) is 37.6 Å². The number of amides is 2. The van der Waals surface area contributed by atoms with Crippen molar-refractivity contribution < 1.29 is 14.0 Å². The van der Waals surface area contributed by atoms with Crippen LogP contribution in [0.25, 0.3) is 0 Å². The van der Waals surface area contributed by atoms with Gasteiger partial charge in [0.25, 0.3) is 5.91 Å². The number of carbonyl (C=O) groups is 2. The summed E-state index contributed by atoms with van der Waals surface area (Å²) in [6.07, 6.45) is 3.07. The summed E-state index contributed by atoms with van der Waals surface area (Å²) in [6, 6.07) is 9.36. The first-order chi connectivity index (χ1) is 13.6. The van der Waals surface area contributed by atoms with E-state index in [1.54, 1.807) is 17.0 Å². The van der Waals surface area contributed by atoms with Gasteiger partial charge < -0.3 is 19.1 Å². The molecule has 0 aliphatic carbocycles. The van der Waals surface area contributed by atoms with Crippen molar-refractivity contribution in [3.8, 4) is 0 Å². The number of benzene rings is 1. The highest BCUT2D eigenvalue weighted by Gasteiger charge is 2.38. The van der Waals surface area contributed by atoms with Gasteiger partial charge in [0.05, 0.1) is 6.26 Å². The molecule has 1 aromatic heterocycles. The summed E-state index contributed by atoms with van der Waals surface area (Å²) in [6.45, 7) is 7.89. The van der Waals surface area contributed by atoms with Gasteiger partial charge in [0.1, 0.15) is 6.04 Å². The lowest BCUT2D eigenvalue weighted by Crippen LogP contribution is -2.54. The molecule has 0 saturated carbocycles. The quantitative estimate of drug-likeness (QED) is 0.820. The van der Waals surface area contributed by atoms with E-state index in [1.807, 2.05) is 4.90 Å². The zero-order valence-electron chi connectivity index (χ0n) is 16.6. The molecule has 6 nitrogen and oxygen atoms in total. The molecule has 1 aromatic carbocycles. The van der Waals surface area contributed by atoms with Gasteiger partial charge in [0, 0.05) is 38.4 Å². The molecule has 2 amide bonds. The Morgan fingerprint density at radius 2 is 1.79 bits per heavy atom. The number of rotatable bonds is 3. The smallest absolute Gasteiger partial charge is 0.290 e. The Labute approximate surface area is 165 Å². The molecule has 3 heterocycles. The fourth-order valence-corrected chi connectivity index (χ4v) is 4.26. The highest BCUT2D eigenvalue weighted by Crippen LogP contribution is 2.26. The minimum Gasteiger partial charge on any atom is -0.459 e. The molecule has 6 heteroatoms. The van der Waals surface area contributed by atoms with Crippen LogP contribution < -0.4 is 4.90 Å². The maximum absolute atomic E-state index is 13.1. The third-order valence-electron chi connectivity index (χ3n) is 6.04. The predicted octanol–water partition coefficient (Wildman–Crippen LogP) is 2.85. The van der Waals surface area contributed by atoms with Crippen LogP contribution in [0.1, 0.15) is 34.5 Å². The molecule has 2 aliphatic rings. The van der Waals surface area contributed by atoms with E-state index in [2.05, 4.69) is 36.9 Å². The Morgan fingerprint density at radius 3 is 2.50 bits per heavy atom. The van der Waals surface area contributed by atoms with E-state index < -0.39 is 0 Å². The number of hydrogen-bond donors (Lipinski definition) is 0. The maximum atomic E-state index is 13.1. The summed E-state index contributed by atoms with van der Waals surface area (Å²) >= 11 is 0. The van der Waals surface area contributed by atoms with Gasteiger partial charge >= 0.3 is 0 Å². The summed E-state index contributed by atoms with van der Waals surface area (Å²) in [4.78, 5) is 31.7. The van der Waals surface area contributed by atoms with Crippen LogP contribution in [-0.2, 0) is 4.79 Å². The number of piperazine rings is 1. The summed E-state index contributed by atoms with van der Waals surface area (Å²) in [5, 5.41) is 0. The Hall–Kier alpha value is -2.76. The van der Waals surface area contributed by atoms with E-state index in [0.29, 0.717) is 25.4 Å². The third kappa shape index (κ3) is 3.39. The second-order valence-corrected chi connectivity index (χ2v) is 7.67. The molecule has 2 fully saturated rings. The van der Waals surface area contributed by atoms with Gasteiger partial charge in [-0.1, -0.05) is 12.1 Å². The first-order valence-electron chi connectivity index (χ1n) is 10.0. The molecule has 2 saturated heterocycles. The average Bonchev–Trinajstić information content (AvgIpc) is 3.41. The summed E-state index contributed by atoms with van der Waals surface area (Å²) in [5.74, 6) is 0.187. The standard InChI is InChI=1S/C22H27N3O3/c1-16-6-3-7-18(17(16)2)23-11-13-24(14-12-23)21(26)19-8-4-10-25(19)22(27)20-9-5-15-28-20/h3,5-7,9,15,19H,4,8,10-14H2,1-2H3. The van der Waals surface area contributed by atoms with Crippen LogP contribution in [-0.4, -0.2) is 60.4 Å². The van der Waals surface area contributed by atoms with E-state index >= 15 is 0 Å². The molecule has 4 rings (SSSR count). The fourth-order valence-electron chi connectivity index (χ4n) is 4.26. The van der Waals surface area contributed by atoms with E-state index in [-0.39, 0.29) is 17.9 Å². The number of furan rings is 1. The molecule has 0 bridgehead atoms. The predicted molar refractivity (Wildman–Crippen MR) is 107 cm³/mol. The summed E-state index contributed by atoms with van der Waals surface area (Å²) < 4.78 is 5.24. The number of aryl methyl sites for hydroxylation is 1. The number of anilines is 1. The van der Waals surface area contributed by atoms with E-state index in [4.69, 9.17) is 4.42 Å². The molecular formula is C22H27N3O3. The van der Waals surface area contributed by atoms with Crippen LogP contribution >= 0.6 is 0 Å². The topological polar surface area (TPSA) is 57.0 Å². The van der Waals surface area contributed by atoms with Gasteiger partial charge in [-0.15, -0.1) is 0 Å². The summed E-state index contributed by atoms with van der Waals surface area (Å²) in [5.41, 5.74) is 3.84. The first-order valence-corrected chi connectivity index (χ1v) is 10.0. The van der Waals surface area contributed by atoms with Crippen molar-refractivity contribution in [2.24, 2.45) is 0 Å². The van der Waals surface area contributed by atoms with Crippen molar-refractivity contribution in [3.05, 3.63) is 53.5 Å². The first kappa shape index (κ1) is 18.6. The highest BCUT2D eigenvalue weighted by molar-refractivity contribution is 5.96. The van der Waals surface area contributed by atoms with Crippen LogP contribution in [0.15, 0.2) is 41.0 Å². The highest BCUT2D eigenvalue weighted by atomic mass is 16.3. The normalized spacial score (nSPS) is 19.9. The molecule has 148 valence electrons. The average molecular weight is 381 g/mol. The zero-order valence-corrected chi connectivity index (χ0v) is 16.6. The summed E-state index contributed by atoms with van der Waals surface area (Å²) in [7, 11) is 0. The third-order valence-corrected chi connectivity index (χ3v) is 6.04. The monoisotopic (exact) mass is 381 g/mol. The lowest BCUT2D eigenvalue weighted by molar-refractivity contribution is -0.135. The number of nitrogens with zero attached hydrogens (tertiary/aromatic N) is 3. The van der Waals surface area contributed by atoms with Gasteiger partial charge in [-0.3, -0.25) is 9.59 Å². The molecule has 1 atom stereocenters. The maximum Gasteiger partial charge on any atom is 0.290 e. The minimum atomic E-state index is -0.371. The molecule has 2 aliphatic heterocycles. The van der Waals surface area contributed by atoms with Crippen molar-refractivity contribution in [2.45, 2.75) is 32.7 Å². The van der Waals surface area contributed by atoms with Crippen LogP contribution in [0.2, 0.25) is 0 Å². The SMILES string of the molecule is Cc1cccc(N2CCN(C(=O)C3CCCN3C(=O)c3ccco3)CC2)c1C. The molecule has 1 unspecified atom stereocenters. The van der Waals surface area contributed by atoms with Gasteiger partial charge in [-0.2, -0.15) is 0 Å². The molecule has 28 heavy (non-hydrogen) atoms. The molecule has 0 spiro atoms. The van der Waals surface area contributed by atoms with Gasteiger partial charge in [0.2, 0.25) is 5.91 Å². The van der Waals surface area contributed by atoms with Crippen LogP contribution in [0.5, 0.6) is 0 Å². The Kier molecular flexibility index (Phi) is 5.11. The molecule has 2 aromatic rings. The van der Waals surface area contributed by atoms with E-state index in [1.165, 1.54) is 23.1 Å². The van der Waals surface area contributed by atoms with Gasteiger partial charge in [-0.25, -0.2) is 0 Å². The van der Waals surface area contributed by atoms with Crippen molar-refractivity contribution in [1.82, 2.24) is 9.80 Å². The lowest BCUT2D eigenvalue weighted by atomic mass is 10.1. The van der Waals surface area contributed by atoms with E-state index in [0.717, 1.165) is 25.9 Å². The van der Waals surface area contributed by atoms with Crippen LogP contribution in [0.4, 0.5) is 5.69 Å². The molecular weight excluding hydrogens is 354 g/mol. The van der Waals surface area contributed by atoms with Crippen LogP contribution in [0, 0.1) is 13.8 Å². The fraction of sp³-hybridized carbons (Fsp3) is 0.455. The zero-order chi connectivity index (χ0) is 19.7. The van der Waals surface area contributed by atoms with E-state index in [9.17, 15) is 9.59 Å². The van der Waals surface area contributed by atoms with Crippen molar-refractivity contribution in [1.29, 1.82) is 0 Å². The lowest BCUT2D eigenvalue weighted by Gasteiger charge is -2.39. The van der Waals surface area contributed by atoms with Crippen molar-refractivity contribution in [3.63, 3.8) is 0 Å². The molecule has 0 N–H and O–H groups in total. The largest absolute Gasteiger partial charge is 0.459 e. The second kappa shape index (κ2) is 7.70. The number of likely N-dealkylation sites (tertiary alicyclic amines) is 1. The minimum absolute atomic E-state index is 0.0676. The number of carbonyl (C=O) groups excluding carboxylic acids is 2. The molecule has 0 radical (unpaired) electrons. The number of hydrogen-bond acceptors (Lipinski definition) is 4.